The maximum atomic E-state index is 5.85. The third-order valence-corrected chi connectivity index (χ3v) is 4.51. The molecule has 0 saturated carbocycles. The predicted molar refractivity (Wildman–Crippen MR) is 107 cm³/mol. The Bertz CT molecular complexity index is 1110. The van der Waals surface area contributed by atoms with Crippen molar-refractivity contribution in [3.63, 3.8) is 0 Å². The van der Waals surface area contributed by atoms with Crippen molar-refractivity contribution in [2.75, 3.05) is 7.11 Å². The van der Waals surface area contributed by atoms with Gasteiger partial charge in [0, 0.05) is 18.9 Å². The molecule has 0 aliphatic rings. The molecule has 0 saturated heterocycles. The van der Waals surface area contributed by atoms with Crippen molar-refractivity contribution in [3.05, 3.63) is 77.9 Å². The van der Waals surface area contributed by atoms with Crippen LogP contribution in [-0.2, 0) is 29.8 Å². The van der Waals surface area contributed by atoms with E-state index in [1.807, 2.05) is 48.4 Å². The molecule has 142 valence electrons. The topological polar surface area (TPSA) is 66.5 Å². The molecule has 0 atom stereocenters. The molecule has 0 N–H and O–H groups in total. The molecule has 7 heteroatoms. The Morgan fingerprint density at radius 1 is 1.11 bits per heavy atom. The zero-order chi connectivity index (χ0) is 19.3. The summed E-state index contributed by atoms with van der Waals surface area (Å²) in [6.07, 6.45) is 5.27. The summed E-state index contributed by atoms with van der Waals surface area (Å²) in [6.45, 7) is 1.06. The number of rotatable bonds is 7. The van der Waals surface area contributed by atoms with Gasteiger partial charge in [0.25, 0.3) is 0 Å². The molecular weight excluding hydrogens is 354 g/mol. The van der Waals surface area contributed by atoms with E-state index in [0.717, 1.165) is 33.5 Å². The van der Waals surface area contributed by atoms with E-state index >= 15 is 0 Å². The number of aryl methyl sites for hydroxylation is 1. The SMILES string of the molecule is CO/N=C\c1ccc2c(c1)ncn2-c1cccc(COCc2ccnn2C)c1. The van der Waals surface area contributed by atoms with Gasteiger partial charge >= 0.3 is 0 Å². The molecule has 4 rings (SSSR count). The van der Waals surface area contributed by atoms with Crippen LogP contribution in [0.15, 0.2) is 66.2 Å². The molecule has 0 spiro atoms. The molecule has 2 aromatic carbocycles. The van der Waals surface area contributed by atoms with Gasteiger partial charge in [-0.2, -0.15) is 5.10 Å². The molecule has 0 unspecified atom stereocenters. The monoisotopic (exact) mass is 375 g/mol. The molecule has 0 aliphatic carbocycles. The predicted octanol–water partition coefficient (Wildman–Crippen LogP) is 3.46. The summed E-state index contributed by atoms with van der Waals surface area (Å²) >= 11 is 0. The molecule has 7 nitrogen and oxygen atoms in total. The fourth-order valence-electron chi connectivity index (χ4n) is 3.04. The molecule has 0 bridgehead atoms. The third-order valence-electron chi connectivity index (χ3n) is 4.51. The van der Waals surface area contributed by atoms with E-state index in [1.54, 1.807) is 12.4 Å². The summed E-state index contributed by atoms with van der Waals surface area (Å²) in [5.74, 6) is 0. The van der Waals surface area contributed by atoms with Gasteiger partial charge in [-0.05, 0) is 41.5 Å². The molecule has 28 heavy (non-hydrogen) atoms. The molecule has 0 amide bonds. The molecular formula is C21H21N5O2. The lowest BCUT2D eigenvalue weighted by molar-refractivity contribution is 0.102. The van der Waals surface area contributed by atoms with E-state index in [1.165, 1.54) is 7.11 Å². The summed E-state index contributed by atoms with van der Waals surface area (Å²) in [6, 6.07) is 16.2. The second kappa shape index (κ2) is 8.06. The maximum Gasteiger partial charge on any atom is 0.106 e. The van der Waals surface area contributed by atoms with Gasteiger partial charge in [-0.15, -0.1) is 0 Å². The van der Waals surface area contributed by atoms with E-state index < -0.39 is 0 Å². The van der Waals surface area contributed by atoms with Crippen LogP contribution in [0.25, 0.3) is 16.7 Å². The fraction of sp³-hybridized carbons (Fsp3) is 0.190. The molecule has 4 aromatic rings. The lowest BCUT2D eigenvalue weighted by atomic mass is 10.2. The minimum Gasteiger partial charge on any atom is -0.399 e. The van der Waals surface area contributed by atoms with Gasteiger partial charge < -0.3 is 9.57 Å². The number of oxime groups is 1. The van der Waals surface area contributed by atoms with Crippen molar-refractivity contribution in [2.24, 2.45) is 12.2 Å². The molecule has 0 radical (unpaired) electrons. The van der Waals surface area contributed by atoms with E-state index in [9.17, 15) is 0 Å². The van der Waals surface area contributed by atoms with Crippen LogP contribution in [0.2, 0.25) is 0 Å². The molecule has 0 fully saturated rings. The van der Waals surface area contributed by atoms with Gasteiger partial charge in [0.05, 0.1) is 36.2 Å². The Hall–Kier alpha value is -3.45. The van der Waals surface area contributed by atoms with Crippen molar-refractivity contribution < 1.29 is 9.57 Å². The third kappa shape index (κ3) is 3.79. The van der Waals surface area contributed by atoms with Crippen LogP contribution >= 0.6 is 0 Å². The molecule has 0 aliphatic heterocycles. The standard InChI is InChI=1S/C21H21N5O2/c1-25-19(8-9-23-25)14-28-13-17-4-3-5-18(10-17)26-15-22-20-11-16(12-24-27-2)6-7-21(20)26/h3-12,15H,13-14H2,1-2H3/b24-12-. The Morgan fingerprint density at radius 3 is 2.86 bits per heavy atom. The first-order valence-electron chi connectivity index (χ1n) is 8.92. The Balaban J connectivity index is 1.52. The summed E-state index contributed by atoms with van der Waals surface area (Å²) in [5.41, 5.74) is 6.06. The second-order valence-corrected chi connectivity index (χ2v) is 6.39. The maximum absolute atomic E-state index is 5.85. The largest absolute Gasteiger partial charge is 0.399 e. The zero-order valence-corrected chi connectivity index (χ0v) is 15.8. The number of hydrogen-bond donors (Lipinski definition) is 0. The highest BCUT2D eigenvalue weighted by molar-refractivity contribution is 5.87. The second-order valence-electron chi connectivity index (χ2n) is 6.39. The average molecular weight is 375 g/mol. The van der Waals surface area contributed by atoms with Crippen molar-refractivity contribution in [2.45, 2.75) is 13.2 Å². The average Bonchev–Trinajstić information content (AvgIpc) is 3.32. The van der Waals surface area contributed by atoms with Crippen LogP contribution in [-0.4, -0.2) is 32.7 Å². The Kier molecular flexibility index (Phi) is 5.16. The summed E-state index contributed by atoms with van der Waals surface area (Å²) in [5, 5.41) is 7.95. The first-order valence-corrected chi connectivity index (χ1v) is 8.92. The van der Waals surface area contributed by atoms with Gasteiger partial charge in [0.1, 0.15) is 13.4 Å². The fourth-order valence-corrected chi connectivity index (χ4v) is 3.04. The van der Waals surface area contributed by atoms with Crippen LogP contribution in [0.3, 0.4) is 0 Å². The number of hydrogen-bond acceptors (Lipinski definition) is 5. The van der Waals surface area contributed by atoms with Crippen LogP contribution in [0.4, 0.5) is 0 Å². The first kappa shape index (κ1) is 17.9. The number of fused-ring (bicyclic) bond motifs is 1. The minimum atomic E-state index is 0.528. The van der Waals surface area contributed by atoms with Gasteiger partial charge in [-0.25, -0.2) is 4.98 Å². The number of nitrogens with zero attached hydrogens (tertiary/aromatic N) is 5. The molecule has 2 heterocycles. The van der Waals surface area contributed by atoms with E-state index in [0.29, 0.717) is 13.2 Å². The van der Waals surface area contributed by atoms with Crippen LogP contribution in [0.1, 0.15) is 16.8 Å². The zero-order valence-electron chi connectivity index (χ0n) is 15.8. The number of imidazole rings is 1. The van der Waals surface area contributed by atoms with Crippen molar-refractivity contribution in [3.8, 4) is 5.69 Å². The highest BCUT2D eigenvalue weighted by Gasteiger charge is 2.07. The van der Waals surface area contributed by atoms with Crippen LogP contribution < -0.4 is 0 Å². The van der Waals surface area contributed by atoms with Gasteiger partial charge in [0.15, 0.2) is 0 Å². The highest BCUT2D eigenvalue weighted by atomic mass is 16.6. The summed E-state index contributed by atoms with van der Waals surface area (Å²) in [7, 11) is 3.44. The minimum absolute atomic E-state index is 0.528. The number of benzene rings is 2. The lowest BCUT2D eigenvalue weighted by Gasteiger charge is -2.09. The quantitative estimate of drug-likeness (QED) is 0.366. The Morgan fingerprint density at radius 2 is 2.04 bits per heavy atom. The number of aromatic nitrogens is 4. The van der Waals surface area contributed by atoms with E-state index in [4.69, 9.17) is 9.57 Å². The smallest absolute Gasteiger partial charge is 0.106 e. The van der Waals surface area contributed by atoms with Crippen molar-refractivity contribution >= 4 is 17.2 Å². The van der Waals surface area contributed by atoms with Gasteiger partial charge in [-0.3, -0.25) is 9.25 Å². The van der Waals surface area contributed by atoms with Crippen molar-refractivity contribution in [1.82, 2.24) is 19.3 Å². The highest BCUT2D eigenvalue weighted by Crippen LogP contribution is 2.20. The normalized spacial score (nSPS) is 11.5. The van der Waals surface area contributed by atoms with E-state index in [-0.39, 0.29) is 0 Å². The number of ether oxygens (including phenoxy) is 1. The lowest BCUT2D eigenvalue weighted by Crippen LogP contribution is -2.01. The van der Waals surface area contributed by atoms with Crippen LogP contribution in [0.5, 0.6) is 0 Å². The van der Waals surface area contributed by atoms with Crippen LogP contribution in [0, 0.1) is 0 Å². The van der Waals surface area contributed by atoms with Crippen molar-refractivity contribution in [1.29, 1.82) is 0 Å². The molecule has 2 aromatic heterocycles. The summed E-state index contributed by atoms with van der Waals surface area (Å²) < 4.78 is 9.73. The summed E-state index contributed by atoms with van der Waals surface area (Å²) in [4.78, 5) is 9.25. The Labute approximate surface area is 162 Å². The van der Waals surface area contributed by atoms with E-state index in [2.05, 4.69) is 38.0 Å². The van der Waals surface area contributed by atoms with Gasteiger partial charge in [-0.1, -0.05) is 23.4 Å². The first-order chi connectivity index (χ1) is 13.7. The van der Waals surface area contributed by atoms with Gasteiger partial charge in [0.2, 0.25) is 0 Å².